The van der Waals surface area contributed by atoms with Crippen molar-refractivity contribution in [3.8, 4) is 17.2 Å². The van der Waals surface area contributed by atoms with Crippen LogP contribution in [0, 0.1) is 0 Å². The lowest BCUT2D eigenvalue weighted by atomic mass is 10.1. The fourth-order valence-corrected chi connectivity index (χ4v) is 5.48. The quantitative estimate of drug-likeness (QED) is 0.466. The molecule has 0 spiro atoms. The average molecular weight is 416 g/mol. The van der Waals surface area contributed by atoms with Crippen LogP contribution in [0.1, 0.15) is 25.3 Å². The smallest absolute Gasteiger partial charge is 0.127 e. The predicted molar refractivity (Wildman–Crippen MR) is 124 cm³/mol. The second-order valence-electron chi connectivity index (χ2n) is 7.07. The molecule has 1 aliphatic heterocycles. The van der Waals surface area contributed by atoms with Crippen LogP contribution in [-0.4, -0.2) is 43.7 Å². The highest BCUT2D eigenvalue weighted by molar-refractivity contribution is 8.23. The van der Waals surface area contributed by atoms with E-state index >= 15 is 0 Å². The van der Waals surface area contributed by atoms with Crippen molar-refractivity contribution >= 4 is 29.1 Å². The van der Waals surface area contributed by atoms with Crippen molar-refractivity contribution in [3.05, 3.63) is 58.3 Å². The van der Waals surface area contributed by atoms with Crippen molar-refractivity contribution in [3.63, 3.8) is 0 Å². The van der Waals surface area contributed by atoms with Crippen LogP contribution in [-0.2, 0) is 0 Å². The molecule has 2 aromatic rings. The van der Waals surface area contributed by atoms with Crippen LogP contribution in [0.25, 0.3) is 5.57 Å². The van der Waals surface area contributed by atoms with Crippen molar-refractivity contribution in [1.82, 2.24) is 4.90 Å². The Bertz CT molecular complexity index is 762. The van der Waals surface area contributed by atoms with E-state index in [0.29, 0.717) is 0 Å². The Balaban J connectivity index is 1.54. The third kappa shape index (κ3) is 6.50. The molecule has 0 unspecified atom stereocenters. The van der Waals surface area contributed by atoms with E-state index in [-0.39, 0.29) is 0 Å². The van der Waals surface area contributed by atoms with Gasteiger partial charge in [-0.2, -0.15) is 0 Å². The zero-order valence-electron chi connectivity index (χ0n) is 16.9. The Kier molecular flexibility index (Phi) is 8.19. The van der Waals surface area contributed by atoms with Crippen LogP contribution in [0.4, 0.5) is 0 Å². The summed E-state index contributed by atoms with van der Waals surface area (Å²) >= 11 is 3.96. The van der Waals surface area contributed by atoms with Gasteiger partial charge in [-0.15, -0.1) is 23.5 Å². The van der Waals surface area contributed by atoms with Gasteiger partial charge in [0.25, 0.3) is 0 Å². The van der Waals surface area contributed by atoms with Gasteiger partial charge in [-0.1, -0.05) is 12.1 Å². The fourth-order valence-electron chi connectivity index (χ4n) is 2.85. The molecule has 3 nitrogen and oxygen atoms in total. The lowest BCUT2D eigenvalue weighted by molar-refractivity contribution is 0.281. The van der Waals surface area contributed by atoms with Crippen molar-refractivity contribution < 1.29 is 9.47 Å². The molecule has 0 radical (unpaired) electrons. The highest BCUT2D eigenvalue weighted by Gasteiger charge is 2.11. The second kappa shape index (κ2) is 10.8. The number of ether oxygens (including phenoxy) is 2. The molecule has 1 aliphatic rings. The van der Waals surface area contributed by atoms with E-state index in [1.54, 1.807) is 0 Å². The van der Waals surface area contributed by atoms with Gasteiger partial charge in [0.05, 0.1) is 6.61 Å². The van der Waals surface area contributed by atoms with Crippen LogP contribution in [0.5, 0.6) is 17.2 Å². The van der Waals surface area contributed by atoms with Crippen molar-refractivity contribution in [2.45, 2.75) is 19.8 Å². The Morgan fingerprint density at radius 3 is 2.07 bits per heavy atom. The summed E-state index contributed by atoms with van der Waals surface area (Å²) in [6, 6.07) is 16.2. The molecule has 150 valence electrons. The normalized spacial score (nSPS) is 14.2. The number of allylic oxidation sites excluding steroid dienone is 1. The van der Waals surface area contributed by atoms with Gasteiger partial charge in [-0.25, -0.2) is 0 Å². The second-order valence-corrected chi connectivity index (χ2v) is 9.53. The molecule has 0 aromatic heterocycles. The van der Waals surface area contributed by atoms with Gasteiger partial charge in [-0.05, 0) is 92.9 Å². The van der Waals surface area contributed by atoms with Crippen molar-refractivity contribution in [2.75, 3.05) is 38.8 Å². The monoisotopic (exact) mass is 415 g/mol. The predicted octanol–water partition coefficient (Wildman–Crippen LogP) is 6.37. The molecule has 0 N–H and O–H groups in total. The van der Waals surface area contributed by atoms with Crippen LogP contribution < -0.4 is 9.47 Å². The van der Waals surface area contributed by atoms with E-state index in [1.165, 1.54) is 33.3 Å². The minimum atomic E-state index is 0.727. The maximum Gasteiger partial charge on any atom is 0.127 e. The average Bonchev–Trinajstić information content (AvgIpc) is 2.73. The summed E-state index contributed by atoms with van der Waals surface area (Å²) in [6.45, 7) is 3.98. The molecule has 0 aliphatic carbocycles. The summed E-state index contributed by atoms with van der Waals surface area (Å²) in [5, 5.41) is 0. The molecular weight excluding hydrogens is 386 g/mol. The third-order valence-corrected chi connectivity index (χ3v) is 7.26. The zero-order valence-corrected chi connectivity index (χ0v) is 18.6. The summed E-state index contributed by atoms with van der Waals surface area (Å²) < 4.78 is 13.2. The summed E-state index contributed by atoms with van der Waals surface area (Å²) in [7, 11) is 4.15. The maximum atomic E-state index is 5.98. The highest BCUT2D eigenvalue weighted by atomic mass is 32.2. The Hall–Kier alpha value is -1.56. The van der Waals surface area contributed by atoms with Crippen LogP contribution >= 0.6 is 23.5 Å². The van der Waals surface area contributed by atoms with Gasteiger partial charge in [0.2, 0.25) is 0 Å². The first-order chi connectivity index (χ1) is 13.6. The molecule has 5 heteroatoms. The molecule has 0 amide bonds. The highest BCUT2D eigenvalue weighted by Crippen LogP contribution is 2.40. The molecule has 3 rings (SSSR count). The van der Waals surface area contributed by atoms with Gasteiger partial charge < -0.3 is 14.4 Å². The Morgan fingerprint density at radius 1 is 0.893 bits per heavy atom. The molecule has 0 saturated carbocycles. The van der Waals surface area contributed by atoms with E-state index in [9.17, 15) is 0 Å². The Morgan fingerprint density at radius 2 is 1.46 bits per heavy atom. The zero-order chi connectivity index (χ0) is 19.8. The number of thioether (sulfide) groups is 2. The van der Waals surface area contributed by atoms with Crippen molar-refractivity contribution in [1.29, 1.82) is 0 Å². The molecule has 1 heterocycles. The fraction of sp³-hybridized carbons (Fsp3) is 0.391. The van der Waals surface area contributed by atoms with E-state index in [0.717, 1.165) is 36.8 Å². The number of nitrogens with zero attached hydrogens (tertiary/aromatic N) is 1. The molecule has 0 bridgehead atoms. The molecule has 0 atom stereocenters. The van der Waals surface area contributed by atoms with Crippen LogP contribution in [0.3, 0.4) is 0 Å². The largest absolute Gasteiger partial charge is 0.494 e. The van der Waals surface area contributed by atoms with Gasteiger partial charge in [0.1, 0.15) is 17.2 Å². The molecule has 28 heavy (non-hydrogen) atoms. The standard InChI is InChI=1S/C23H29NO2S2/c1-18(23-27-16-5-17-28-23)19-6-8-21(9-7-19)26-22-12-10-20(11-13-22)25-15-4-14-24(2)3/h6-13H,4-5,14-17H2,1-3H3. The first-order valence-electron chi connectivity index (χ1n) is 9.74. The topological polar surface area (TPSA) is 21.7 Å². The van der Waals surface area contributed by atoms with E-state index in [4.69, 9.17) is 9.47 Å². The maximum absolute atomic E-state index is 5.98. The molecule has 1 fully saturated rings. The summed E-state index contributed by atoms with van der Waals surface area (Å²) in [4.78, 5) is 2.16. The minimum Gasteiger partial charge on any atom is -0.494 e. The van der Waals surface area contributed by atoms with E-state index in [2.05, 4.69) is 38.1 Å². The van der Waals surface area contributed by atoms with Gasteiger partial charge in [-0.3, -0.25) is 0 Å². The van der Waals surface area contributed by atoms with Crippen molar-refractivity contribution in [2.24, 2.45) is 0 Å². The first kappa shape index (κ1) is 21.2. The van der Waals surface area contributed by atoms with E-state index < -0.39 is 0 Å². The molecular formula is C23H29NO2S2. The lowest BCUT2D eigenvalue weighted by Gasteiger charge is -2.16. The Labute approximate surface area is 177 Å². The molecule has 1 saturated heterocycles. The number of hydrogen-bond donors (Lipinski definition) is 0. The summed E-state index contributed by atoms with van der Waals surface area (Å²) in [5.74, 6) is 5.02. The summed E-state index contributed by atoms with van der Waals surface area (Å²) in [5.41, 5.74) is 2.64. The van der Waals surface area contributed by atoms with Gasteiger partial charge >= 0.3 is 0 Å². The number of benzene rings is 2. The van der Waals surface area contributed by atoms with Gasteiger partial charge in [0, 0.05) is 10.8 Å². The first-order valence-corrected chi connectivity index (χ1v) is 11.7. The third-order valence-electron chi connectivity index (χ3n) is 4.43. The SMILES string of the molecule is CC(=C1SCCCS1)c1ccc(Oc2ccc(OCCCN(C)C)cc2)cc1. The number of hydrogen-bond acceptors (Lipinski definition) is 5. The minimum absolute atomic E-state index is 0.727. The molecule has 2 aromatic carbocycles. The van der Waals surface area contributed by atoms with Gasteiger partial charge in [0.15, 0.2) is 0 Å². The van der Waals surface area contributed by atoms with Crippen LogP contribution in [0.2, 0.25) is 0 Å². The van der Waals surface area contributed by atoms with Crippen LogP contribution in [0.15, 0.2) is 52.8 Å². The van der Waals surface area contributed by atoms with E-state index in [1.807, 2.05) is 59.9 Å². The summed E-state index contributed by atoms with van der Waals surface area (Å²) in [6.07, 6.45) is 2.32. The number of rotatable bonds is 8. The lowest BCUT2D eigenvalue weighted by Crippen LogP contribution is -2.15.